The molecule has 2 rings (SSSR count). The molecule has 6 heteroatoms. The predicted octanol–water partition coefficient (Wildman–Crippen LogP) is 1.34. The first kappa shape index (κ1) is 12.5. The van der Waals surface area contributed by atoms with Crippen LogP contribution < -0.4 is 11.1 Å². The average molecular weight is 263 g/mol. The molecule has 1 aromatic carbocycles. The zero-order valence-corrected chi connectivity index (χ0v) is 10.4. The minimum absolute atomic E-state index is 0.0487. The number of nitrogens with zero attached hydrogens (tertiary/aromatic N) is 1. The molecule has 94 valence electrons. The zero-order valence-electron chi connectivity index (χ0n) is 9.59. The van der Waals surface area contributed by atoms with Crippen LogP contribution in [0.5, 0.6) is 5.75 Å². The van der Waals surface area contributed by atoms with E-state index >= 15 is 0 Å². The van der Waals surface area contributed by atoms with Gasteiger partial charge in [-0.2, -0.15) is 0 Å². The van der Waals surface area contributed by atoms with Crippen molar-refractivity contribution in [3.05, 3.63) is 40.9 Å². The van der Waals surface area contributed by atoms with Crippen LogP contribution in [0.3, 0.4) is 0 Å². The van der Waals surface area contributed by atoms with E-state index < -0.39 is 0 Å². The van der Waals surface area contributed by atoms with E-state index in [0.717, 1.165) is 11.3 Å². The van der Waals surface area contributed by atoms with Crippen LogP contribution in [0.2, 0.25) is 0 Å². The average Bonchev–Trinajstić information content (AvgIpc) is 2.79. The van der Waals surface area contributed by atoms with Gasteiger partial charge in [0.15, 0.2) is 5.13 Å². The Hall–Kier alpha value is -1.92. The van der Waals surface area contributed by atoms with Gasteiger partial charge in [-0.1, -0.05) is 12.1 Å². The Labute approximate surface area is 108 Å². The predicted molar refractivity (Wildman–Crippen MR) is 70.7 cm³/mol. The molecule has 0 spiro atoms. The van der Waals surface area contributed by atoms with Gasteiger partial charge in [0.25, 0.3) is 0 Å². The molecule has 0 aliphatic rings. The third-order valence-corrected chi connectivity index (χ3v) is 3.11. The van der Waals surface area contributed by atoms with E-state index in [1.807, 2.05) is 17.5 Å². The van der Waals surface area contributed by atoms with E-state index in [-0.39, 0.29) is 18.2 Å². The van der Waals surface area contributed by atoms with Crippen LogP contribution in [0, 0.1) is 0 Å². The maximum absolute atomic E-state index is 11.1. The summed E-state index contributed by atoms with van der Waals surface area (Å²) in [7, 11) is 0. The van der Waals surface area contributed by atoms with Crippen molar-refractivity contribution >= 4 is 22.4 Å². The van der Waals surface area contributed by atoms with Crippen LogP contribution in [0.15, 0.2) is 29.6 Å². The number of hydrogen-bond donors (Lipinski definition) is 3. The third-order valence-electron chi connectivity index (χ3n) is 2.31. The molecule has 0 aliphatic heterocycles. The number of anilines is 1. The van der Waals surface area contributed by atoms with E-state index in [2.05, 4.69) is 10.3 Å². The number of aromatic hydroxyl groups is 1. The second kappa shape index (κ2) is 5.61. The fourth-order valence-corrected chi connectivity index (χ4v) is 2.17. The van der Waals surface area contributed by atoms with E-state index in [9.17, 15) is 9.90 Å². The van der Waals surface area contributed by atoms with Crippen molar-refractivity contribution in [3.63, 3.8) is 0 Å². The van der Waals surface area contributed by atoms with Crippen LogP contribution in [0.25, 0.3) is 0 Å². The first-order valence-electron chi connectivity index (χ1n) is 5.39. The largest absolute Gasteiger partial charge is 0.508 e. The molecule has 0 bridgehead atoms. The highest BCUT2D eigenvalue weighted by molar-refractivity contribution is 7.13. The second-order valence-corrected chi connectivity index (χ2v) is 4.60. The SMILES string of the molecule is NCC(=O)Nc1nc(Cc2ccc(O)cc2)cs1. The standard InChI is InChI=1S/C12H13N3O2S/c13-6-11(17)15-12-14-9(7-18-12)5-8-1-3-10(16)4-2-8/h1-4,7,16H,5-6,13H2,(H,14,15,17). The molecule has 5 nitrogen and oxygen atoms in total. The van der Waals surface area contributed by atoms with E-state index in [0.29, 0.717) is 11.6 Å². The Morgan fingerprint density at radius 3 is 2.78 bits per heavy atom. The number of thiazole rings is 1. The van der Waals surface area contributed by atoms with E-state index in [4.69, 9.17) is 5.73 Å². The molecule has 1 amide bonds. The first-order chi connectivity index (χ1) is 8.67. The minimum Gasteiger partial charge on any atom is -0.508 e. The summed E-state index contributed by atoms with van der Waals surface area (Å²) in [5.74, 6) is -0.00606. The summed E-state index contributed by atoms with van der Waals surface area (Å²) < 4.78 is 0. The number of carbonyl (C=O) groups is 1. The van der Waals surface area contributed by atoms with Crippen molar-refractivity contribution in [3.8, 4) is 5.75 Å². The Morgan fingerprint density at radius 2 is 2.11 bits per heavy atom. The topological polar surface area (TPSA) is 88.2 Å². The molecule has 2 aromatic rings. The third kappa shape index (κ3) is 3.28. The zero-order chi connectivity index (χ0) is 13.0. The molecule has 0 fully saturated rings. The van der Waals surface area contributed by atoms with Crippen molar-refractivity contribution in [2.45, 2.75) is 6.42 Å². The quantitative estimate of drug-likeness (QED) is 0.776. The molecular formula is C12H13N3O2S. The molecule has 18 heavy (non-hydrogen) atoms. The van der Waals surface area contributed by atoms with Crippen LogP contribution in [-0.2, 0) is 11.2 Å². The highest BCUT2D eigenvalue weighted by Crippen LogP contribution is 2.19. The van der Waals surface area contributed by atoms with Gasteiger partial charge in [0.05, 0.1) is 12.2 Å². The number of hydrogen-bond acceptors (Lipinski definition) is 5. The number of phenols is 1. The maximum atomic E-state index is 11.1. The molecule has 1 heterocycles. The molecule has 4 N–H and O–H groups in total. The van der Waals surface area contributed by atoms with Crippen molar-refractivity contribution in [2.24, 2.45) is 5.73 Å². The molecule has 0 radical (unpaired) electrons. The lowest BCUT2D eigenvalue weighted by Crippen LogP contribution is -2.21. The number of rotatable bonds is 4. The van der Waals surface area contributed by atoms with Crippen molar-refractivity contribution in [2.75, 3.05) is 11.9 Å². The normalized spacial score (nSPS) is 10.3. The lowest BCUT2D eigenvalue weighted by Gasteiger charge is -1.99. The number of nitrogens with one attached hydrogen (secondary N) is 1. The van der Waals surface area contributed by atoms with Crippen molar-refractivity contribution in [1.29, 1.82) is 0 Å². The monoisotopic (exact) mass is 263 g/mol. The van der Waals surface area contributed by atoms with Crippen LogP contribution in [-0.4, -0.2) is 22.5 Å². The molecule has 0 atom stereocenters. The molecule has 1 aromatic heterocycles. The fraction of sp³-hybridized carbons (Fsp3) is 0.167. The lowest BCUT2D eigenvalue weighted by atomic mass is 10.1. The number of nitrogens with two attached hydrogens (primary N) is 1. The second-order valence-electron chi connectivity index (χ2n) is 3.74. The fourth-order valence-electron chi connectivity index (χ4n) is 1.44. The summed E-state index contributed by atoms with van der Waals surface area (Å²) in [6, 6.07) is 6.96. The van der Waals surface area contributed by atoms with E-state index in [1.165, 1.54) is 11.3 Å². The van der Waals surface area contributed by atoms with Gasteiger partial charge < -0.3 is 16.2 Å². The number of phenolic OH excluding ortho intramolecular Hbond substituents is 1. The Balaban J connectivity index is 2.02. The van der Waals surface area contributed by atoms with Gasteiger partial charge in [-0.15, -0.1) is 11.3 Å². The number of benzene rings is 1. The van der Waals surface area contributed by atoms with Gasteiger partial charge in [0.2, 0.25) is 5.91 Å². The highest BCUT2D eigenvalue weighted by Gasteiger charge is 2.05. The van der Waals surface area contributed by atoms with Crippen molar-refractivity contribution in [1.82, 2.24) is 4.98 Å². The van der Waals surface area contributed by atoms with Crippen LogP contribution in [0.1, 0.15) is 11.3 Å². The number of carbonyl (C=O) groups excluding carboxylic acids is 1. The Morgan fingerprint density at radius 1 is 1.39 bits per heavy atom. The number of amides is 1. The summed E-state index contributed by atoms with van der Waals surface area (Å²) in [5, 5.41) is 14.2. The Kier molecular flexibility index (Phi) is 3.91. The molecule has 0 saturated carbocycles. The lowest BCUT2D eigenvalue weighted by molar-refractivity contribution is -0.114. The summed E-state index contributed by atoms with van der Waals surface area (Å²) in [4.78, 5) is 15.4. The summed E-state index contributed by atoms with van der Waals surface area (Å²) >= 11 is 1.37. The van der Waals surface area contributed by atoms with Crippen LogP contribution in [0.4, 0.5) is 5.13 Å². The number of aromatic nitrogens is 1. The smallest absolute Gasteiger partial charge is 0.239 e. The van der Waals surface area contributed by atoms with Gasteiger partial charge in [0, 0.05) is 11.8 Å². The van der Waals surface area contributed by atoms with Crippen molar-refractivity contribution < 1.29 is 9.90 Å². The van der Waals surface area contributed by atoms with Gasteiger partial charge >= 0.3 is 0 Å². The Bertz CT molecular complexity index is 537. The molecular weight excluding hydrogens is 250 g/mol. The summed E-state index contributed by atoms with van der Waals surface area (Å²) in [5.41, 5.74) is 7.13. The van der Waals surface area contributed by atoms with Gasteiger partial charge in [0.1, 0.15) is 5.75 Å². The molecule has 0 unspecified atom stereocenters. The van der Waals surface area contributed by atoms with Crippen LogP contribution >= 0.6 is 11.3 Å². The highest BCUT2D eigenvalue weighted by atomic mass is 32.1. The molecule has 0 aliphatic carbocycles. The van der Waals surface area contributed by atoms with Gasteiger partial charge in [-0.3, -0.25) is 4.79 Å². The van der Waals surface area contributed by atoms with E-state index in [1.54, 1.807) is 12.1 Å². The minimum atomic E-state index is -0.250. The summed E-state index contributed by atoms with van der Waals surface area (Å²) in [6.07, 6.45) is 0.662. The molecule has 0 saturated heterocycles. The first-order valence-corrected chi connectivity index (χ1v) is 6.27. The summed E-state index contributed by atoms with van der Waals surface area (Å²) in [6.45, 7) is -0.0487. The van der Waals surface area contributed by atoms with Gasteiger partial charge in [-0.25, -0.2) is 4.98 Å². The van der Waals surface area contributed by atoms with Gasteiger partial charge in [-0.05, 0) is 17.7 Å². The maximum Gasteiger partial charge on any atom is 0.239 e.